The highest BCUT2D eigenvalue weighted by Gasteiger charge is 2.30. The zero-order chi connectivity index (χ0) is 77.4. The number of ether oxygens (including phenoxy) is 4. The van der Waals surface area contributed by atoms with Gasteiger partial charge >= 0.3 is 39.5 Å². The van der Waals surface area contributed by atoms with Crippen molar-refractivity contribution in [2.75, 3.05) is 39.6 Å². The molecule has 0 amide bonds. The first-order chi connectivity index (χ1) is 51.7. The third-order valence-corrected chi connectivity index (χ3v) is 18.7. The SMILES string of the molecule is CC/C=C\C/C=C\C/C=C\C/C=C\C/C=C\CCCCCC(=O)O[C@H](COC(=O)CCCCCCC/C=C\CCCCCC)COP(=O)(O)OC[C@H](O)COP(=O)(O)OC[C@@H](COC(=O)CCCCCCC/C=C\CCCCCCCC)OC(=O)CCCCC/C=C\C/C=C\C/C=C\C/C=C\C/C=C\CC. The number of phosphoric ester groups is 2. The van der Waals surface area contributed by atoms with Crippen LogP contribution in [0.25, 0.3) is 0 Å². The Hall–Kier alpha value is -5.06. The Balaban J connectivity index is 5.45. The molecule has 0 aliphatic rings. The lowest BCUT2D eigenvalue weighted by Gasteiger charge is -2.21. The number of hydrogen-bond acceptors (Lipinski definition) is 15. The van der Waals surface area contributed by atoms with Crippen LogP contribution in [-0.2, 0) is 65.4 Å². The first-order valence-corrected chi connectivity index (χ1v) is 44.1. The number of carbonyl (C=O) groups excluding carboxylic acids is 4. The first-order valence-electron chi connectivity index (χ1n) is 41.1. The number of hydrogen-bond donors (Lipinski definition) is 3. The quantitative estimate of drug-likeness (QED) is 0.0169. The van der Waals surface area contributed by atoms with Gasteiger partial charge in [0, 0.05) is 25.7 Å². The van der Waals surface area contributed by atoms with Crippen molar-refractivity contribution in [3.63, 3.8) is 0 Å². The van der Waals surface area contributed by atoms with E-state index in [1.165, 1.54) is 64.2 Å². The second-order valence-corrected chi connectivity index (χ2v) is 29.8. The Morgan fingerprint density at radius 2 is 0.491 bits per heavy atom. The summed E-state index contributed by atoms with van der Waals surface area (Å²) in [6.07, 6.45) is 89.6. The van der Waals surface area contributed by atoms with Gasteiger partial charge in [0.05, 0.1) is 26.4 Å². The second-order valence-electron chi connectivity index (χ2n) is 26.9. The molecule has 0 saturated heterocycles. The van der Waals surface area contributed by atoms with Gasteiger partial charge in [-0.2, -0.15) is 0 Å². The van der Waals surface area contributed by atoms with Gasteiger partial charge in [-0.15, -0.1) is 0 Å². The summed E-state index contributed by atoms with van der Waals surface area (Å²) in [5.41, 5.74) is 0. The van der Waals surface area contributed by atoms with Crippen LogP contribution in [0, 0.1) is 0 Å². The predicted octanol–water partition coefficient (Wildman–Crippen LogP) is 24.2. The molecule has 0 heterocycles. The molecule has 0 aliphatic carbocycles. The molecule has 0 saturated carbocycles. The lowest BCUT2D eigenvalue weighted by atomic mass is 10.1. The number of carbonyl (C=O) groups is 4. The van der Waals surface area contributed by atoms with Crippen LogP contribution in [0.1, 0.15) is 323 Å². The molecule has 17 nitrogen and oxygen atoms in total. The fourth-order valence-corrected chi connectivity index (χ4v) is 12.1. The number of aliphatic hydroxyl groups is 1. The number of aliphatic hydroxyl groups excluding tert-OH is 1. The van der Waals surface area contributed by atoms with E-state index in [9.17, 15) is 43.2 Å². The minimum Gasteiger partial charge on any atom is -0.462 e. The van der Waals surface area contributed by atoms with Crippen LogP contribution in [0.15, 0.2) is 146 Å². The van der Waals surface area contributed by atoms with Crippen LogP contribution in [0.4, 0.5) is 0 Å². The number of esters is 4. The highest BCUT2D eigenvalue weighted by atomic mass is 31.2. The Bertz CT molecular complexity index is 2580. The summed E-state index contributed by atoms with van der Waals surface area (Å²) >= 11 is 0. The Kier molecular flexibility index (Phi) is 74.3. The molecule has 606 valence electrons. The Morgan fingerprint density at radius 3 is 0.783 bits per heavy atom. The van der Waals surface area contributed by atoms with Gasteiger partial charge in [-0.25, -0.2) is 9.13 Å². The number of unbranched alkanes of at least 4 members (excludes halogenated alkanes) is 26. The first kappa shape index (κ1) is 101. The van der Waals surface area contributed by atoms with Crippen LogP contribution in [0.3, 0.4) is 0 Å². The molecule has 19 heteroatoms. The van der Waals surface area contributed by atoms with E-state index >= 15 is 0 Å². The van der Waals surface area contributed by atoms with Gasteiger partial charge in [0.15, 0.2) is 12.2 Å². The molecule has 3 N–H and O–H groups in total. The van der Waals surface area contributed by atoms with E-state index in [4.69, 9.17) is 37.0 Å². The Labute approximate surface area is 643 Å². The molecule has 0 radical (unpaired) electrons. The largest absolute Gasteiger partial charge is 0.472 e. The average molecular weight is 1530 g/mol. The van der Waals surface area contributed by atoms with Gasteiger partial charge in [-0.05, 0) is 167 Å². The maximum Gasteiger partial charge on any atom is 0.472 e. The second kappa shape index (κ2) is 78.1. The van der Waals surface area contributed by atoms with Crippen molar-refractivity contribution in [3.05, 3.63) is 146 Å². The zero-order valence-electron chi connectivity index (χ0n) is 66.3. The average Bonchev–Trinajstić information content (AvgIpc) is 0.937. The lowest BCUT2D eigenvalue weighted by molar-refractivity contribution is -0.161. The summed E-state index contributed by atoms with van der Waals surface area (Å²) in [6.45, 7) is 4.55. The molecule has 0 aliphatic heterocycles. The maximum atomic E-state index is 13.1. The van der Waals surface area contributed by atoms with Gasteiger partial charge in [-0.1, -0.05) is 276 Å². The topological polar surface area (TPSA) is 237 Å². The fraction of sp³-hybridized carbons (Fsp3) is 0.678. The molecule has 5 atom stereocenters. The maximum absolute atomic E-state index is 13.1. The molecule has 106 heavy (non-hydrogen) atoms. The Morgan fingerprint density at radius 1 is 0.274 bits per heavy atom. The summed E-state index contributed by atoms with van der Waals surface area (Å²) in [7, 11) is -9.99. The molecule has 0 bridgehead atoms. The molecule has 0 aromatic carbocycles. The van der Waals surface area contributed by atoms with Gasteiger partial charge < -0.3 is 33.8 Å². The number of allylic oxidation sites excluding steroid dienone is 24. The minimum atomic E-state index is -5.00. The van der Waals surface area contributed by atoms with Crippen molar-refractivity contribution in [3.8, 4) is 0 Å². The van der Waals surface area contributed by atoms with E-state index in [1.807, 2.05) is 0 Å². The third kappa shape index (κ3) is 77.1. The monoisotopic (exact) mass is 1530 g/mol. The van der Waals surface area contributed by atoms with E-state index in [-0.39, 0.29) is 25.7 Å². The standard InChI is InChI=1S/C87H146O17P2/c1-5-9-13-17-21-25-29-33-36-38-40-42-45-49-53-57-61-65-69-73-86(91)103-82(77-97-84(89)71-67-63-59-55-51-47-32-28-24-20-16-12-8-4)79-101-105(93,94)99-75-81(88)76-100-106(95,96)102-80-83(78-98-85(90)72-68-64-60-56-52-48-44-35-31-27-23-19-15-11-7-3)104-87(92)74-70-66-62-58-54-50-46-43-41-39-37-34-30-26-22-18-14-10-6-2/h9-10,13-14,21-22,25-26,28,32-37,40-44,49-50,53-54,81-83,88H,5-8,11-12,15-20,23-24,27,29-31,38-39,45-48,51-52,55-80H2,1-4H3,(H,93,94)(H,95,96)/b13-9-,14-10-,25-21-,26-22-,32-28-,36-33-,37-34-,42-40-,43-41-,44-35-,53-49-,54-50-/t81-,82+,83+/m0/s1. The van der Waals surface area contributed by atoms with E-state index in [0.29, 0.717) is 25.7 Å². The summed E-state index contributed by atoms with van der Waals surface area (Å²) in [5.74, 6) is -2.27. The van der Waals surface area contributed by atoms with Crippen LogP contribution in [0.5, 0.6) is 0 Å². The summed E-state index contributed by atoms with van der Waals surface area (Å²) < 4.78 is 68.6. The van der Waals surface area contributed by atoms with Crippen molar-refractivity contribution in [1.82, 2.24) is 0 Å². The molecule has 0 aromatic rings. The van der Waals surface area contributed by atoms with E-state index in [1.54, 1.807) is 0 Å². The van der Waals surface area contributed by atoms with Crippen molar-refractivity contribution in [2.24, 2.45) is 0 Å². The molecular formula is C87H146O17P2. The van der Waals surface area contributed by atoms with E-state index < -0.39 is 97.5 Å². The minimum absolute atomic E-state index is 0.0498. The highest BCUT2D eigenvalue weighted by molar-refractivity contribution is 7.47. The molecular weight excluding hydrogens is 1380 g/mol. The molecule has 0 aromatic heterocycles. The smallest absolute Gasteiger partial charge is 0.462 e. The summed E-state index contributed by atoms with van der Waals surface area (Å²) in [4.78, 5) is 73.1. The fourth-order valence-electron chi connectivity index (χ4n) is 10.6. The molecule has 0 fully saturated rings. The van der Waals surface area contributed by atoms with Crippen molar-refractivity contribution >= 4 is 39.5 Å². The molecule has 0 spiro atoms. The highest BCUT2D eigenvalue weighted by Crippen LogP contribution is 2.45. The van der Waals surface area contributed by atoms with Crippen LogP contribution < -0.4 is 0 Å². The summed E-state index contributed by atoms with van der Waals surface area (Å²) in [5, 5.41) is 10.7. The van der Waals surface area contributed by atoms with Gasteiger partial charge in [0.1, 0.15) is 19.3 Å². The number of phosphoric acid groups is 2. The normalized spacial score (nSPS) is 14.6. The van der Waals surface area contributed by atoms with Crippen molar-refractivity contribution in [1.29, 1.82) is 0 Å². The van der Waals surface area contributed by atoms with Crippen molar-refractivity contribution in [2.45, 2.75) is 341 Å². The lowest BCUT2D eigenvalue weighted by Crippen LogP contribution is -2.30. The van der Waals surface area contributed by atoms with Crippen LogP contribution in [0.2, 0.25) is 0 Å². The summed E-state index contributed by atoms with van der Waals surface area (Å²) in [6, 6.07) is 0. The molecule has 2 unspecified atom stereocenters. The van der Waals surface area contributed by atoms with Crippen molar-refractivity contribution < 1.29 is 80.2 Å². The predicted molar refractivity (Wildman–Crippen MR) is 436 cm³/mol. The van der Waals surface area contributed by atoms with E-state index in [2.05, 4.69) is 174 Å². The van der Waals surface area contributed by atoms with E-state index in [0.717, 1.165) is 180 Å². The van der Waals surface area contributed by atoms with Gasteiger partial charge in [0.25, 0.3) is 0 Å². The van der Waals surface area contributed by atoms with Crippen LogP contribution in [-0.4, -0.2) is 96.7 Å². The molecule has 0 rings (SSSR count). The van der Waals surface area contributed by atoms with Gasteiger partial charge in [0.2, 0.25) is 0 Å². The van der Waals surface area contributed by atoms with Gasteiger partial charge in [-0.3, -0.25) is 37.3 Å². The zero-order valence-corrected chi connectivity index (χ0v) is 68.1. The number of rotatable bonds is 76. The third-order valence-electron chi connectivity index (χ3n) is 16.8. The van der Waals surface area contributed by atoms with Crippen LogP contribution >= 0.6 is 15.6 Å².